The van der Waals surface area contributed by atoms with E-state index in [1.807, 2.05) is 19.1 Å². The number of nitrogens with zero attached hydrogens (tertiary/aromatic N) is 2. The summed E-state index contributed by atoms with van der Waals surface area (Å²) in [6.45, 7) is 6.14. The van der Waals surface area contributed by atoms with Crippen LogP contribution < -0.4 is 0 Å². The fourth-order valence-corrected chi connectivity index (χ4v) is 2.36. The van der Waals surface area contributed by atoms with Gasteiger partial charge in [-0.05, 0) is 35.5 Å². The Morgan fingerprint density at radius 1 is 1.28 bits per heavy atom. The monoisotopic (exact) mass is 260 g/mol. The zero-order valence-electron chi connectivity index (χ0n) is 10.8. The molecule has 1 aromatic carbocycles. The maximum atomic E-state index is 12.0. The summed E-state index contributed by atoms with van der Waals surface area (Å²) in [6, 6.07) is 8.23. The molecule has 4 heteroatoms. The normalized spacial score (nSPS) is 10.9. The van der Waals surface area contributed by atoms with E-state index in [4.69, 9.17) is 0 Å². The van der Waals surface area contributed by atoms with Crippen molar-refractivity contribution in [3.8, 4) is 0 Å². The smallest absolute Gasteiger partial charge is 0.180 e. The second-order valence-corrected chi connectivity index (χ2v) is 5.44. The van der Waals surface area contributed by atoms with Crippen LogP contribution in [0.1, 0.15) is 46.3 Å². The van der Waals surface area contributed by atoms with Crippen molar-refractivity contribution >= 4 is 17.3 Å². The first-order valence-corrected chi connectivity index (χ1v) is 6.76. The van der Waals surface area contributed by atoms with Gasteiger partial charge in [0.05, 0.1) is 5.69 Å². The average Bonchev–Trinajstić information content (AvgIpc) is 2.76. The number of ketones is 1. The number of aromatic nitrogens is 2. The Kier molecular flexibility index (Phi) is 3.87. The van der Waals surface area contributed by atoms with Gasteiger partial charge < -0.3 is 0 Å². The lowest BCUT2D eigenvalue weighted by Gasteiger charge is -2.06. The van der Waals surface area contributed by atoms with Crippen LogP contribution in [0.15, 0.2) is 24.3 Å². The largest absolute Gasteiger partial charge is 0.293 e. The molecule has 18 heavy (non-hydrogen) atoms. The van der Waals surface area contributed by atoms with E-state index in [0.29, 0.717) is 17.2 Å². The minimum atomic E-state index is 0.0970. The highest BCUT2D eigenvalue weighted by Crippen LogP contribution is 2.17. The number of rotatable bonds is 4. The number of carbonyl (C=O) groups is 1. The Hall–Kier alpha value is -1.55. The molecule has 0 N–H and O–H groups in total. The maximum Gasteiger partial charge on any atom is 0.180 e. The molecular weight excluding hydrogens is 244 g/mol. The first-order valence-electron chi connectivity index (χ1n) is 5.99. The molecule has 0 unspecified atom stereocenters. The van der Waals surface area contributed by atoms with E-state index in [0.717, 1.165) is 11.3 Å². The quantitative estimate of drug-likeness (QED) is 0.791. The molecule has 0 saturated carbocycles. The van der Waals surface area contributed by atoms with Gasteiger partial charge in [0.15, 0.2) is 5.78 Å². The zero-order chi connectivity index (χ0) is 13.1. The number of hydrogen-bond donors (Lipinski definition) is 0. The molecular formula is C14H16N2OS. The lowest BCUT2D eigenvalue weighted by molar-refractivity contribution is 0.0996. The maximum absolute atomic E-state index is 12.0. The standard InChI is InChI=1S/C14H16N2OS/c1-9(2)12-6-4-11(5-7-12)8-13(17)14-10(3)15-16-18-14/h4-7,9H,8H2,1-3H3. The summed E-state index contributed by atoms with van der Waals surface area (Å²) >= 11 is 1.17. The Balaban J connectivity index is 2.10. The first-order chi connectivity index (χ1) is 8.58. The molecule has 0 bridgehead atoms. The molecule has 0 spiro atoms. The summed E-state index contributed by atoms with van der Waals surface area (Å²) in [5.41, 5.74) is 3.06. The Morgan fingerprint density at radius 3 is 2.44 bits per heavy atom. The van der Waals surface area contributed by atoms with E-state index in [9.17, 15) is 4.79 Å². The summed E-state index contributed by atoms with van der Waals surface area (Å²) in [5, 5.41) is 3.86. The van der Waals surface area contributed by atoms with Crippen molar-refractivity contribution in [2.75, 3.05) is 0 Å². The van der Waals surface area contributed by atoms with Crippen molar-refractivity contribution in [3.05, 3.63) is 46.0 Å². The second kappa shape index (κ2) is 5.40. The molecule has 0 aliphatic rings. The third-order valence-electron chi connectivity index (χ3n) is 2.92. The minimum absolute atomic E-state index is 0.0970. The predicted molar refractivity (Wildman–Crippen MR) is 73.2 cm³/mol. The Bertz CT molecular complexity index is 543. The van der Waals surface area contributed by atoms with Crippen molar-refractivity contribution in [1.29, 1.82) is 0 Å². The van der Waals surface area contributed by atoms with Gasteiger partial charge in [0.2, 0.25) is 0 Å². The average molecular weight is 260 g/mol. The molecule has 1 heterocycles. The van der Waals surface area contributed by atoms with E-state index in [1.54, 1.807) is 0 Å². The van der Waals surface area contributed by atoms with Crippen molar-refractivity contribution in [3.63, 3.8) is 0 Å². The second-order valence-electron chi connectivity index (χ2n) is 4.68. The highest BCUT2D eigenvalue weighted by atomic mass is 32.1. The van der Waals surface area contributed by atoms with Gasteiger partial charge in [-0.1, -0.05) is 42.6 Å². The van der Waals surface area contributed by atoms with Gasteiger partial charge in [0.1, 0.15) is 4.88 Å². The summed E-state index contributed by atoms with van der Waals surface area (Å²) < 4.78 is 3.79. The molecule has 1 aromatic heterocycles. The van der Waals surface area contributed by atoms with E-state index in [2.05, 4.69) is 35.6 Å². The Labute approximate surface area is 111 Å². The lowest BCUT2D eigenvalue weighted by Crippen LogP contribution is -2.03. The predicted octanol–water partition coefficient (Wildman–Crippen LogP) is 3.40. The summed E-state index contributed by atoms with van der Waals surface area (Å²) in [6.07, 6.45) is 0.420. The van der Waals surface area contributed by atoms with Crippen LogP contribution in [0.25, 0.3) is 0 Å². The van der Waals surface area contributed by atoms with Gasteiger partial charge in [-0.2, -0.15) is 0 Å². The summed E-state index contributed by atoms with van der Waals surface area (Å²) in [4.78, 5) is 12.7. The van der Waals surface area contributed by atoms with Gasteiger partial charge in [-0.15, -0.1) is 5.10 Å². The SMILES string of the molecule is Cc1nnsc1C(=O)Cc1ccc(C(C)C)cc1. The van der Waals surface area contributed by atoms with Gasteiger partial charge >= 0.3 is 0 Å². The number of hydrogen-bond acceptors (Lipinski definition) is 4. The van der Waals surface area contributed by atoms with E-state index in [1.165, 1.54) is 17.1 Å². The lowest BCUT2D eigenvalue weighted by atomic mass is 10.00. The van der Waals surface area contributed by atoms with E-state index in [-0.39, 0.29) is 5.78 Å². The van der Waals surface area contributed by atoms with Crippen molar-refractivity contribution in [2.24, 2.45) is 0 Å². The molecule has 94 valence electrons. The van der Waals surface area contributed by atoms with Crippen LogP contribution in [0.2, 0.25) is 0 Å². The molecule has 2 rings (SSSR count). The highest BCUT2D eigenvalue weighted by Gasteiger charge is 2.13. The van der Waals surface area contributed by atoms with Crippen LogP contribution in [0.3, 0.4) is 0 Å². The van der Waals surface area contributed by atoms with Crippen LogP contribution in [-0.2, 0) is 6.42 Å². The van der Waals surface area contributed by atoms with E-state index >= 15 is 0 Å². The molecule has 3 nitrogen and oxygen atoms in total. The third kappa shape index (κ3) is 2.82. The zero-order valence-corrected chi connectivity index (χ0v) is 11.6. The van der Waals surface area contributed by atoms with Crippen molar-refractivity contribution in [2.45, 2.75) is 33.1 Å². The van der Waals surface area contributed by atoms with Crippen LogP contribution in [0.4, 0.5) is 0 Å². The molecule has 0 aliphatic heterocycles. The third-order valence-corrected chi connectivity index (χ3v) is 3.78. The molecule has 0 atom stereocenters. The van der Waals surface area contributed by atoms with Crippen LogP contribution in [0, 0.1) is 6.92 Å². The van der Waals surface area contributed by atoms with Crippen LogP contribution in [-0.4, -0.2) is 15.4 Å². The summed E-state index contributed by atoms with van der Waals surface area (Å²) in [7, 11) is 0. The number of carbonyl (C=O) groups excluding carboxylic acids is 1. The van der Waals surface area contributed by atoms with Crippen LogP contribution in [0.5, 0.6) is 0 Å². The molecule has 0 saturated heterocycles. The van der Waals surface area contributed by atoms with Crippen LogP contribution >= 0.6 is 11.5 Å². The highest BCUT2D eigenvalue weighted by molar-refractivity contribution is 7.08. The first kappa shape index (κ1) is 12.9. The summed E-state index contributed by atoms with van der Waals surface area (Å²) in [5.74, 6) is 0.613. The van der Waals surface area contributed by atoms with Gasteiger partial charge in [0, 0.05) is 6.42 Å². The van der Waals surface area contributed by atoms with E-state index < -0.39 is 0 Å². The minimum Gasteiger partial charge on any atom is -0.293 e. The number of Topliss-reactive ketones (excluding diaryl/α,β-unsaturated/α-hetero) is 1. The topological polar surface area (TPSA) is 42.9 Å². The van der Waals surface area contributed by atoms with Crippen molar-refractivity contribution < 1.29 is 4.79 Å². The Morgan fingerprint density at radius 2 is 1.94 bits per heavy atom. The molecule has 0 aliphatic carbocycles. The fraction of sp³-hybridized carbons (Fsp3) is 0.357. The van der Waals surface area contributed by atoms with Gasteiger partial charge in [-0.25, -0.2) is 0 Å². The number of aryl methyl sites for hydroxylation is 1. The van der Waals surface area contributed by atoms with Crippen molar-refractivity contribution in [1.82, 2.24) is 9.59 Å². The number of benzene rings is 1. The molecule has 0 radical (unpaired) electrons. The van der Waals surface area contributed by atoms with Gasteiger partial charge in [-0.3, -0.25) is 4.79 Å². The molecule has 0 fully saturated rings. The molecule has 0 amide bonds. The molecule has 2 aromatic rings. The fourth-order valence-electron chi connectivity index (χ4n) is 1.77. The van der Waals surface area contributed by atoms with Gasteiger partial charge in [0.25, 0.3) is 0 Å².